The third kappa shape index (κ3) is 10.7. The molecule has 1 saturated heterocycles. The Bertz CT molecular complexity index is 1250. The van der Waals surface area contributed by atoms with Gasteiger partial charge in [-0.2, -0.15) is 0 Å². The first kappa shape index (κ1) is 44.8. The smallest absolute Gasteiger partial charge is 0.305 e. The maximum absolute atomic E-state index is 12.5. The predicted molar refractivity (Wildman–Crippen MR) is 221 cm³/mol. The molecular formula is C48H82O7. The lowest BCUT2D eigenvalue weighted by atomic mass is 9.47. The fourth-order valence-corrected chi connectivity index (χ4v) is 12.5. The molecule has 0 bridgehead atoms. The highest BCUT2D eigenvalue weighted by Gasteiger charge is 2.59. The number of aliphatic hydroxyl groups is 3. The minimum Gasteiger partial charge on any atom is -0.463 e. The van der Waals surface area contributed by atoms with Gasteiger partial charge in [0.2, 0.25) is 0 Å². The molecule has 14 unspecified atom stereocenters. The van der Waals surface area contributed by atoms with E-state index in [1.165, 1.54) is 63.4 Å². The number of ether oxygens (including phenoxy) is 3. The molecular weight excluding hydrogens is 689 g/mol. The zero-order valence-electron chi connectivity index (χ0n) is 36.1. The second-order valence-electron chi connectivity index (χ2n) is 19.7. The van der Waals surface area contributed by atoms with Crippen molar-refractivity contribution in [3.8, 4) is 0 Å². The number of carbonyl (C=O) groups is 1. The zero-order chi connectivity index (χ0) is 39.8. The Labute approximate surface area is 335 Å². The number of aliphatic hydroxyl groups excluding tert-OH is 3. The molecule has 0 aromatic carbocycles. The summed E-state index contributed by atoms with van der Waals surface area (Å²) in [5.74, 6) is 5.21. The van der Waals surface area contributed by atoms with Crippen LogP contribution in [0.15, 0.2) is 23.8 Å². The summed E-state index contributed by atoms with van der Waals surface area (Å²) in [6.07, 6.45) is 23.0. The molecule has 3 saturated carbocycles. The first-order valence-electron chi connectivity index (χ1n) is 23.2. The summed E-state index contributed by atoms with van der Waals surface area (Å²) in [6, 6.07) is 0. The summed E-state index contributed by atoms with van der Waals surface area (Å²) in [7, 11) is 0. The molecule has 4 fully saturated rings. The quantitative estimate of drug-likeness (QED) is 0.0643. The molecule has 1 heterocycles. The van der Waals surface area contributed by atoms with E-state index in [-0.39, 0.29) is 24.1 Å². The van der Waals surface area contributed by atoms with Crippen LogP contribution in [0, 0.1) is 52.3 Å². The van der Waals surface area contributed by atoms with Gasteiger partial charge in [0.25, 0.3) is 0 Å². The van der Waals surface area contributed by atoms with Gasteiger partial charge < -0.3 is 29.5 Å². The van der Waals surface area contributed by atoms with E-state index in [0.29, 0.717) is 17.8 Å². The molecule has 3 N–H and O–H groups in total. The SMILES string of the molecule is CCC/C=C\CCCCCCCC(=O)OCC1OC(OC2CCC3(C)C(=CCC4C3CCC3(C)C(C(C)CCC(CC)C(C)C)CCC43)C2)C(O)C(O)C1O. The molecule has 0 aromatic rings. The van der Waals surface area contributed by atoms with E-state index in [2.05, 4.69) is 66.7 Å². The minimum absolute atomic E-state index is 0.142. The van der Waals surface area contributed by atoms with E-state index in [1.54, 1.807) is 0 Å². The van der Waals surface area contributed by atoms with Crippen LogP contribution in [0.3, 0.4) is 0 Å². The fraction of sp³-hybridized carbons (Fsp3) is 0.896. The van der Waals surface area contributed by atoms with E-state index in [0.717, 1.165) is 99.7 Å². The number of hydrogen-bond donors (Lipinski definition) is 3. The van der Waals surface area contributed by atoms with Crippen LogP contribution in [-0.4, -0.2) is 64.7 Å². The van der Waals surface area contributed by atoms with Crippen LogP contribution in [-0.2, 0) is 19.0 Å². The normalized spacial score (nSPS) is 38.6. The topological polar surface area (TPSA) is 105 Å². The van der Waals surface area contributed by atoms with Gasteiger partial charge in [-0.15, -0.1) is 0 Å². The minimum atomic E-state index is -1.44. The average molecular weight is 771 g/mol. The van der Waals surface area contributed by atoms with E-state index in [4.69, 9.17) is 14.2 Å². The van der Waals surface area contributed by atoms with Crippen LogP contribution < -0.4 is 0 Å². The van der Waals surface area contributed by atoms with Gasteiger partial charge in [-0.05, 0) is 136 Å². The second kappa shape index (κ2) is 20.6. The largest absolute Gasteiger partial charge is 0.463 e. The number of fused-ring (bicyclic) bond motifs is 5. The highest BCUT2D eigenvalue weighted by Crippen LogP contribution is 2.67. The molecule has 55 heavy (non-hydrogen) atoms. The van der Waals surface area contributed by atoms with Gasteiger partial charge >= 0.3 is 5.97 Å². The van der Waals surface area contributed by atoms with Crippen LogP contribution in [0.4, 0.5) is 0 Å². The molecule has 0 amide bonds. The highest BCUT2D eigenvalue weighted by molar-refractivity contribution is 5.69. The van der Waals surface area contributed by atoms with Crippen LogP contribution >= 0.6 is 0 Å². The Kier molecular flexibility index (Phi) is 16.8. The van der Waals surface area contributed by atoms with E-state index < -0.39 is 30.7 Å². The molecule has 1 aliphatic heterocycles. The molecule has 7 heteroatoms. The average Bonchev–Trinajstić information content (AvgIpc) is 3.52. The zero-order valence-corrected chi connectivity index (χ0v) is 36.1. The lowest BCUT2D eigenvalue weighted by Gasteiger charge is -2.58. The van der Waals surface area contributed by atoms with Crippen molar-refractivity contribution in [2.24, 2.45) is 52.3 Å². The van der Waals surface area contributed by atoms with Gasteiger partial charge in [0, 0.05) is 6.42 Å². The Morgan fingerprint density at radius 2 is 1.64 bits per heavy atom. The fourth-order valence-electron chi connectivity index (χ4n) is 12.5. The highest BCUT2D eigenvalue weighted by atomic mass is 16.7. The number of hydrogen-bond acceptors (Lipinski definition) is 7. The van der Waals surface area contributed by atoms with Crippen LogP contribution in [0.2, 0.25) is 0 Å². The first-order chi connectivity index (χ1) is 26.3. The van der Waals surface area contributed by atoms with Gasteiger partial charge in [-0.3, -0.25) is 4.79 Å². The van der Waals surface area contributed by atoms with Gasteiger partial charge in [0.15, 0.2) is 6.29 Å². The van der Waals surface area contributed by atoms with Crippen molar-refractivity contribution in [2.45, 2.75) is 214 Å². The summed E-state index contributed by atoms with van der Waals surface area (Å²) in [6.45, 7) is 16.9. The van der Waals surface area contributed by atoms with Crippen molar-refractivity contribution in [3.05, 3.63) is 23.8 Å². The summed E-state index contributed by atoms with van der Waals surface area (Å²) >= 11 is 0. The lowest BCUT2D eigenvalue weighted by Crippen LogP contribution is -2.60. The van der Waals surface area contributed by atoms with E-state index in [9.17, 15) is 20.1 Å². The molecule has 316 valence electrons. The van der Waals surface area contributed by atoms with Crippen molar-refractivity contribution in [1.29, 1.82) is 0 Å². The Morgan fingerprint density at radius 3 is 2.38 bits per heavy atom. The van der Waals surface area contributed by atoms with E-state index >= 15 is 0 Å². The number of esters is 1. The Balaban J connectivity index is 1.09. The summed E-state index contributed by atoms with van der Waals surface area (Å²) in [5.41, 5.74) is 2.12. The molecule has 0 radical (unpaired) electrons. The summed E-state index contributed by atoms with van der Waals surface area (Å²) in [4.78, 5) is 12.5. The number of unbranched alkanes of at least 4 members (excludes halogenated alkanes) is 6. The van der Waals surface area contributed by atoms with Crippen LogP contribution in [0.5, 0.6) is 0 Å². The van der Waals surface area contributed by atoms with Gasteiger partial charge in [0.05, 0.1) is 6.10 Å². The van der Waals surface area contributed by atoms with Crippen molar-refractivity contribution >= 4 is 5.97 Å². The Hall–Kier alpha value is -1.25. The van der Waals surface area contributed by atoms with Gasteiger partial charge in [-0.25, -0.2) is 0 Å². The summed E-state index contributed by atoms with van der Waals surface area (Å²) < 4.78 is 18.0. The van der Waals surface area contributed by atoms with Crippen LogP contribution in [0.1, 0.15) is 177 Å². The predicted octanol–water partition coefficient (Wildman–Crippen LogP) is 10.5. The first-order valence-corrected chi connectivity index (χ1v) is 23.2. The molecule has 4 aliphatic carbocycles. The van der Waals surface area contributed by atoms with Gasteiger partial charge in [-0.1, -0.05) is 111 Å². The monoisotopic (exact) mass is 771 g/mol. The number of rotatable bonds is 20. The summed E-state index contributed by atoms with van der Waals surface area (Å²) in [5, 5.41) is 32.4. The number of allylic oxidation sites excluding steroid dienone is 3. The van der Waals surface area contributed by atoms with Crippen LogP contribution in [0.25, 0.3) is 0 Å². The van der Waals surface area contributed by atoms with Crippen molar-refractivity contribution < 1.29 is 34.3 Å². The molecule has 5 aliphatic rings. The maximum Gasteiger partial charge on any atom is 0.305 e. The molecule has 0 aromatic heterocycles. The molecule has 7 nitrogen and oxygen atoms in total. The van der Waals surface area contributed by atoms with Crippen molar-refractivity contribution in [3.63, 3.8) is 0 Å². The molecule has 5 rings (SSSR count). The van der Waals surface area contributed by atoms with E-state index in [1.807, 2.05) is 0 Å². The third-order valence-corrected chi connectivity index (χ3v) is 16.1. The molecule has 0 spiro atoms. The van der Waals surface area contributed by atoms with Crippen molar-refractivity contribution in [1.82, 2.24) is 0 Å². The maximum atomic E-state index is 12.5. The third-order valence-electron chi connectivity index (χ3n) is 16.1. The standard InChI is InChI=1S/C48H82O7/c1-8-10-11-12-13-14-15-16-17-18-19-42(49)53-31-41-43(50)44(51)45(52)46(55-41)54-36-26-28-47(6)35(30-36)22-23-37-39-25-24-38(48(39,7)29-27-40(37)47)33(5)20-21-34(9-2)32(3)4/h11-12,22,32-34,36-41,43-46,50-52H,8-10,13-21,23-31H2,1-7H3/b12-11-. The Morgan fingerprint density at radius 1 is 0.891 bits per heavy atom. The second-order valence-corrected chi connectivity index (χ2v) is 19.7. The van der Waals surface area contributed by atoms with Gasteiger partial charge in [0.1, 0.15) is 31.0 Å². The lowest BCUT2D eigenvalue weighted by molar-refractivity contribution is -0.313. The molecule has 14 atom stereocenters. The van der Waals surface area contributed by atoms with Crippen molar-refractivity contribution in [2.75, 3.05) is 6.61 Å². The number of carbonyl (C=O) groups excluding carboxylic acids is 1.